The molecular formula is C19H21N3O4S. The molecule has 1 unspecified atom stereocenters. The number of carbonyl (C=O) groups excluding carboxylic acids is 2. The SMILES string of the molecule is O=C1CC(c2cnsc2)c2ccc(NC(=O)C3CCCC3)cc2N1.O=CO. The van der Waals surface area contributed by atoms with E-state index < -0.39 is 0 Å². The molecule has 27 heavy (non-hydrogen) atoms. The third-order valence-corrected chi connectivity index (χ3v) is 5.54. The van der Waals surface area contributed by atoms with Crippen molar-refractivity contribution in [3.8, 4) is 0 Å². The molecule has 0 bridgehead atoms. The maximum atomic E-state index is 12.3. The number of hydrogen-bond donors (Lipinski definition) is 3. The minimum Gasteiger partial charge on any atom is -0.483 e. The van der Waals surface area contributed by atoms with Crippen LogP contribution in [0.5, 0.6) is 0 Å². The second kappa shape index (κ2) is 8.77. The van der Waals surface area contributed by atoms with Crippen LogP contribution in [0.4, 0.5) is 11.4 Å². The molecule has 3 N–H and O–H groups in total. The molecule has 1 aromatic heterocycles. The van der Waals surface area contributed by atoms with Crippen molar-refractivity contribution in [1.29, 1.82) is 0 Å². The molecule has 8 heteroatoms. The molecule has 1 atom stereocenters. The average molecular weight is 387 g/mol. The third kappa shape index (κ3) is 4.51. The smallest absolute Gasteiger partial charge is 0.290 e. The summed E-state index contributed by atoms with van der Waals surface area (Å²) >= 11 is 1.40. The number of nitrogens with zero attached hydrogens (tertiary/aromatic N) is 1. The zero-order chi connectivity index (χ0) is 19.2. The first-order valence-electron chi connectivity index (χ1n) is 8.84. The van der Waals surface area contributed by atoms with E-state index in [1.54, 1.807) is 0 Å². The van der Waals surface area contributed by atoms with Crippen LogP contribution in [0, 0.1) is 5.92 Å². The average Bonchev–Trinajstić information content (AvgIpc) is 3.35. The summed E-state index contributed by atoms with van der Waals surface area (Å²) in [6.07, 6.45) is 6.47. The molecule has 1 aliphatic carbocycles. The van der Waals surface area contributed by atoms with E-state index in [4.69, 9.17) is 9.90 Å². The summed E-state index contributed by atoms with van der Waals surface area (Å²) < 4.78 is 4.15. The molecule has 1 saturated carbocycles. The Labute approximate surface area is 161 Å². The van der Waals surface area contributed by atoms with Crippen molar-refractivity contribution < 1.29 is 19.5 Å². The molecule has 0 saturated heterocycles. The van der Waals surface area contributed by atoms with Gasteiger partial charge in [-0.15, -0.1) is 0 Å². The van der Waals surface area contributed by atoms with E-state index in [2.05, 4.69) is 15.0 Å². The highest BCUT2D eigenvalue weighted by atomic mass is 32.1. The van der Waals surface area contributed by atoms with Crippen molar-refractivity contribution in [2.75, 3.05) is 10.6 Å². The van der Waals surface area contributed by atoms with Crippen molar-refractivity contribution in [1.82, 2.24) is 4.37 Å². The molecule has 2 aromatic rings. The van der Waals surface area contributed by atoms with Crippen LogP contribution < -0.4 is 10.6 Å². The highest BCUT2D eigenvalue weighted by Gasteiger charge is 2.28. The number of fused-ring (bicyclic) bond motifs is 1. The minimum atomic E-state index is -0.250. The number of benzene rings is 1. The summed E-state index contributed by atoms with van der Waals surface area (Å²) in [4.78, 5) is 32.7. The van der Waals surface area contributed by atoms with Crippen LogP contribution in [0.2, 0.25) is 0 Å². The number of carbonyl (C=O) groups is 3. The lowest BCUT2D eigenvalue weighted by Gasteiger charge is -2.25. The fourth-order valence-electron chi connectivity index (χ4n) is 3.66. The standard InChI is InChI=1S/C18H19N3O2S.CH2O2/c22-17-8-15(12-9-19-24-10-12)14-6-5-13(7-16(14)21-17)20-18(23)11-3-1-2-4-11;2-1-3/h5-7,9-11,15H,1-4,8H2,(H,20,23)(H,21,22);1H,(H,2,3). The van der Waals surface area contributed by atoms with Gasteiger partial charge >= 0.3 is 0 Å². The van der Waals surface area contributed by atoms with E-state index in [-0.39, 0.29) is 30.1 Å². The maximum Gasteiger partial charge on any atom is 0.290 e. The van der Waals surface area contributed by atoms with Gasteiger partial charge in [-0.2, -0.15) is 0 Å². The van der Waals surface area contributed by atoms with E-state index in [1.807, 2.05) is 29.8 Å². The molecule has 1 aliphatic heterocycles. The third-order valence-electron chi connectivity index (χ3n) is 4.94. The molecule has 0 spiro atoms. The lowest BCUT2D eigenvalue weighted by atomic mass is 9.86. The molecule has 7 nitrogen and oxygen atoms in total. The lowest BCUT2D eigenvalue weighted by Crippen LogP contribution is -2.24. The summed E-state index contributed by atoms with van der Waals surface area (Å²) in [6.45, 7) is -0.250. The Bertz CT molecular complexity index is 816. The zero-order valence-corrected chi connectivity index (χ0v) is 15.5. The number of anilines is 2. The van der Waals surface area contributed by atoms with Gasteiger partial charge in [-0.1, -0.05) is 18.9 Å². The Morgan fingerprint density at radius 3 is 2.74 bits per heavy atom. The Kier molecular flexibility index (Phi) is 6.18. The first kappa shape index (κ1) is 19.0. The second-order valence-corrected chi connectivity index (χ2v) is 7.30. The van der Waals surface area contributed by atoms with Gasteiger partial charge in [-0.05, 0) is 47.6 Å². The number of nitrogens with one attached hydrogen (secondary N) is 2. The quantitative estimate of drug-likeness (QED) is 0.699. The maximum absolute atomic E-state index is 12.3. The largest absolute Gasteiger partial charge is 0.483 e. The molecule has 1 aromatic carbocycles. The first-order valence-corrected chi connectivity index (χ1v) is 9.67. The Morgan fingerprint density at radius 2 is 2.07 bits per heavy atom. The Balaban J connectivity index is 0.000000659. The van der Waals surface area contributed by atoms with Crippen molar-refractivity contribution in [3.05, 3.63) is 40.9 Å². The van der Waals surface area contributed by atoms with Gasteiger partial charge < -0.3 is 15.7 Å². The van der Waals surface area contributed by atoms with Crippen LogP contribution in [0.15, 0.2) is 29.8 Å². The van der Waals surface area contributed by atoms with E-state index in [9.17, 15) is 9.59 Å². The summed E-state index contributed by atoms with van der Waals surface area (Å²) in [6, 6.07) is 5.80. The van der Waals surface area contributed by atoms with Crippen LogP contribution in [0.3, 0.4) is 0 Å². The predicted molar refractivity (Wildman–Crippen MR) is 103 cm³/mol. The summed E-state index contributed by atoms with van der Waals surface area (Å²) in [5.41, 5.74) is 3.68. The van der Waals surface area contributed by atoms with Crippen LogP contribution in [0.25, 0.3) is 0 Å². The number of hydrogen-bond acceptors (Lipinski definition) is 5. The van der Waals surface area contributed by atoms with Crippen LogP contribution in [-0.4, -0.2) is 27.8 Å². The fourth-order valence-corrected chi connectivity index (χ4v) is 4.25. The van der Waals surface area contributed by atoms with Gasteiger partial charge in [0.05, 0.1) is 0 Å². The minimum absolute atomic E-state index is 0.00188. The second-order valence-electron chi connectivity index (χ2n) is 6.64. The molecule has 142 valence electrons. The highest BCUT2D eigenvalue weighted by Crippen LogP contribution is 2.38. The van der Waals surface area contributed by atoms with Crippen molar-refractivity contribution in [2.45, 2.75) is 38.0 Å². The summed E-state index contributed by atoms with van der Waals surface area (Å²) in [5, 5.41) is 14.8. The van der Waals surface area contributed by atoms with Crippen LogP contribution in [-0.2, 0) is 14.4 Å². The fraction of sp³-hybridized carbons (Fsp3) is 0.368. The highest BCUT2D eigenvalue weighted by molar-refractivity contribution is 7.03. The van der Waals surface area contributed by atoms with E-state index in [0.717, 1.165) is 48.2 Å². The molecule has 4 rings (SSSR count). The molecular weight excluding hydrogens is 366 g/mol. The van der Waals surface area contributed by atoms with Gasteiger partial charge in [0.15, 0.2) is 0 Å². The van der Waals surface area contributed by atoms with Crippen LogP contribution >= 0.6 is 11.5 Å². The van der Waals surface area contributed by atoms with Gasteiger partial charge in [0.25, 0.3) is 6.47 Å². The first-order chi connectivity index (χ1) is 13.1. The molecule has 2 amide bonds. The number of aromatic nitrogens is 1. The Hall–Kier alpha value is -2.74. The monoisotopic (exact) mass is 387 g/mol. The number of rotatable bonds is 3. The summed E-state index contributed by atoms with van der Waals surface area (Å²) in [7, 11) is 0. The van der Waals surface area contributed by atoms with E-state index in [1.165, 1.54) is 11.5 Å². The van der Waals surface area contributed by atoms with Crippen molar-refractivity contribution in [2.24, 2.45) is 5.92 Å². The van der Waals surface area contributed by atoms with E-state index in [0.29, 0.717) is 6.42 Å². The lowest BCUT2D eigenvalue weighted by molar-refractivity contribution is -0.123. The van der Waals surface area contributed by atoms with Crippen molar-refractivity contribution in [3.63, 3.8) is 0 Å². The van der Waals surface area contributed by atoms with Gasteiger partial charge in [0.2, 0.25) is 11.8 Å². The van der Waals surface area contributed by atoms with Crippen LogP contribution in [0.1, 0.15) is 49.1 Å². The summed E-state index contributed by atoms with van der Waals surface area (Å²) in [5.74, 6) is 0.249. The molecule has 2 heterocycles. The zero-order valence-electron chi connectivity index (χ0n) is 14.7. The van der Waals surface area contributed by atoms with Gasteiger partial charge in [0, 0.05) is 41.2 Å². The normalized spacial score (nSPS) is 18.7. The Morgan fingerprint density at radius 1 is 1.33 bits per heavy atom. The topological polar surface area (TPSA) is 108 Å². The van der Waals surface area contributed by atoms with Gasteiger partial charge in [-0.25, -0.2) is 4.37 Å². The van der Waals surface area contributed by atoms with Crippen molar-refractivity contribution >= 4 is 41.2 Å². The van der Waals surface area contributed by atoms with Gasteiger partial charge in [-0.3, -0.25) is 14.4 Å². The van der Waals surface area contributed by atoms with E-state index >= 15 is 0 Å². The molecule has 0 radical (unpaired) electrons. The van der Waals surface area contributed by atoms with Gasteiger partial charge in [0.1, 0.15) is 0 Å². The predicted octanol–water partition coefficient (Wildman–Crippen LogP) is 3.45. The molecule has 2 aliphatic rings. The number of amides is 2. The molecule has 1 fully saturated rings. The number of carboxylic acid groups (broad SMARTS) is 1.